The third kappa shape index (κ3) is 2.39. The number of fused-ring (bicyclic) bond motifs is 3. The smallest absolute Gasteiger partial charge is 0.347 e. The average Bonchev–Trinajstić information content (AvgIpc) is 2.92. The number of hydrogen-bond acceptors (Lipinski definition) is 4. The SMILES string of the molecule is CCOC(=O)c1c2n(c3c(c1=O)CCCC3)CC(CBr)O2. The van der Waals surface area contributed by atoms with Gasteiger partial charge in [0.05, 0.1) is 13.2 Å². The van der Waals surface area contributed by atoms with Crippen LogP contribution in [0.25, 0.3) is 0 Å². The Labute approximate surface area is 131 Å². The van der Waals surface area contributed by atoms with Gasteiger partial charge in [-0.3, -0.25) is 4.79 Å². The molecule has 0 aromatic carbocycles. The molecule has 1 aliphatic heterocycles. The van der Waals surface area contributed by atoms with E-state index in [1.165, 1.54) is 0 Å². The minimum Gasteiger partial charge on any atom is -0.472 e. The molecule has 0 saturated heterocycles. The lowest BCUT2D eigenvalue weighted by molar-refractivity contribution is 0.0519. The van der Waals surface area contributed by atoms with Gasteiger partial charge >= 0.3 is 5.97 Å². The molecule has 21 heavy (non-hydrogen) atoms. The third-order valence-electron chi connectivity index (χ3n) is 4.04. The molecule has 1 aliphatic carbocycles. The number of nitrogens with zero attached hydrogens (tertiary/aromatic N) is 1. The van der Waals surface area contributed by atoms with E-state index in [1.54, 1.807) is 6.92 Å². The Balaban J connectivity index is 2.19. The number of esters is 1. The zero-order valence-electron chi connectivity index (χ0n) is 12.0. The average molecular weight is 356 g/mol. The van der Waals surface area contributed by atoms with Crippen LogP contribution in [0.1, 0.15) is 41.4 Å². The molecule has 114 valence electrons. The zero-order valence-corrected chi connectivity index (χ0v) is 13.6. The van der Waals surface area contributed by atoms with E-state index in [9.17, 15) is 9.59 Å². The van der Waals surface area contributed by atoms with Gasteiger partial charge in [-0.25, -0.2) is 4.79 Å². The summed E-state index contributed by atoms with van der Waals surface area (Å²) in [5, 5.41) is 0.667. The maximum absolute atomic E-state index is 12.7. The van der Waals surface area contributed by atoms with Crippen molar-refractivity contribution in [2.45, 2.75) is 45.3 Å². The molecule has 1 unspecified atom stereocenters. The number of alkyl halides is 1. The van der Waals surface area contributed by atoms with Gasteiger partial charge in [-0.05, 0) is 32.6 Å². The molecule has 2 heterocycles. The van der Waals surface area contributed by atoms with Crippen LogP contribution in [0.15, 0.2) is 4.79 Å². The largest absolute Gasteiger partial charge is 0.472 e. The Morgan fingerprint density at radius 2 is 2.19 bits per heavy atom. The molecule has 6 heteroatoms. The summed E-state index contributed by atoms with van der Waals surface area (Å²) in [5.41, 5.74) is 1.68. The fraction of sp³-hybridized carbons (Fsp3) is 0.600. The first kappa shape index (κ1) is 14.6. The summed E-state index contributed by atoms with van der Waals surface area (Å²) in [6.07, 6.45) is 3.63. The zero-order chi connectivity index (χ0) is 15.0. The molecular weight excluding hydrogens is 338 g/mol. The van der Waals surface area contributed by atoms with Gasteiger partial charge in [0.15, 0.2) is 5.56 Å². The standard InChI is InChI=1S/C15H18BrNO4/c1-2-20-15(19)12-13(18)10-5-3-4-6-11(10)17-8-9(7-16)21-14(12)17/h9H,2-8H2,1H3. The quantitative estimate of drug-likeness (QED) is 0.615. The highest BCUT2D eigenvalue weighted by molar-refractivity contribution is 9.09. The number of carbonyl (C=O) groups is 1. The van der Waals surface area contributed by atoms with Crippen LogP contribution < -0.4 is 10.2 Å². The monoisotopic (exact) mass is 355 g/mol. The lowest BCUT2D eigenvalue weighted by atomic mass is 9.93. The third-order valence-corrected chi connectivity index (χ3v) is 4.76. The van der Waals surface area contributed by atoms with Gasteiger partial charge < -0.3 is 14.0 Å². The van der Waals surface area contributed by atoms with Crippen LogP contribution in [-0.2, 0) is 24.1 Å². The van der Waals surface area contributed by atoms with E-state index in [0.29, 0.717) is 17.8 Å². The van der Waals surface area contributed by atoms with Crippen LogP contribution in [-0.4, -0.2) is 28.6 Å². The van der Waals surface area contributed by atoms with E-state index < -0.39 is 5.97 Å². The van der Waals surface area contributed by atoms with Crippen LogP contribution in [0.5, 0.6) is 5.88 Å². The van der Waals surface area contributed by atoms with E-state index in [4.69, 9.17) is 9.47 Å². The number of halogens is 1. The number of hydrogen-bond donors (Lipinski definition) is 0. The highest BCUT2D eigenvalue weighted by atomic mass is 79.9. The summed E-state index contributed by atoms with van der Waals surface area (Å²) >= 11 is 3.41. The summed E-state index contributed by atoms with van der Waals surface area (Å²) in [5.74, 6) is -0.182. The van der Waals surface area contributed by atoms with Crippen LogP contribution in [0.2, 0.25) is 0 Å². The van der Waals surface area contributed by atoms with Crippen molar-refractivity contribution in [2.75, 3.05) is 11.9 Å². The molecule has 0 amide bonds. The van der Waals surface area contributed by atoms with Gasteiger partial charge in [0, 0.05) is 16.6 Å². The first-order valence-corrected chi connectivity index (χ1v) is 8.47. The van der Waals surface area contributed by atoms with E-state index in [0.717, 1.165) is 36.9 Å². The Bertz CT molecular complexity index is 638. The van der Waals surface area contributed by atoms with Gasteiger partial charge in [-0.2, -0.15) is 0 Å². The van der Waals surface area contributed by atoms with Gasteiger partial charge in [0.25, 0.3) is 0 Å². The normalized spacial score (nSPS) is 19.6. The van der Waals surface area contributed by atoms with E-state index in [2.05, 4.69) is 15.9 Å². The summed E-state index contributed by atoms with van der Waals surface area (Å²) < 4.78 is 12.9. The van der Waals surface area contributed by atoms with Crippen molar-refractivity contribution in [3.63, 3.8) is 0 Å². The molecule has 0 bridgehead atoms. The Morgan fingerprint density at radius 1 is 1.43 bits per heavy atom. The first-order chi connectivity index (χ1) is 10.2. The minimum absolute atomic E-state index is 0.0500. The Kier molecular flexibility index (Phi) is 4.06. The Hall–Kier alpha value is -1.30. The predicted octanol–water partition coefficient (Wildman–Crippen LogP) is 2.06. The van der Waals surface area contributed by atoms with Gasteiger partial charge in [-0.15, -0.1) is 0 Å². The second-order valence-corrected chi connectivity index (χ2v) is 6.01. The minimum atomic E-state index is -0.574. The van der Waals surface area contributed by atoms with Crippen molar-refractivity contribution in [3.05, 3.63) is 27.0 Å². The van der Waals surface area contributed by atoms with Crippen LogP contribution in [0, 0.1) is 0 Å². The maximum atomic E-state index is 12.7. The summed E-state index contributed by atoms with van der Waals surface area (Å²) in [6.45, 7) is 2.66. The number of rotatable bonds is 3. The lowest BCUT2D eigenvalue weighted by Crippen LogP contribution is -2.28. The van der Waals surface area contributed by atoms with Crippen molar-refractivity contribution < 1.29 is 14.3 Å². The van der Waals surface area contributed by atoms with E-state index >= 15 is 0 Å². The molecule has 0 radical (unpaired) electrons. The molecule has 0 fully saturated rings. The summed E-state index contributed by atoms with van der Waals surface area (Å²) in [7, 11) is 0. The molecule has 2 aliphatic rings. The number of carbonyl (C=O) groups excluding carboxylic acids is 1. The van der Waals surface area contributed by atoms with Crippen LogP contribution in [0.3, 0.4) is 0 Å². The Morgan fingerprint density at radius 3 is 2.90 bits per heavy atom. The molecule has 0 saturated carbocycles. The summed E-state index contributed by atoms with van der Waals surface area (Å²) in [6, 6.07) is 0. The highest BCUT2D eigenvalue weighted by Crippen LogP contribution is 2.32. The molecule has 1 atom stereocenters. The molecule has 0 N–H and O–H groups in total. The summed E-state index contributed by atoms with van der Waals surface area (Å²) in [4.78, 5) is 24.9. The van der Waals surface area contributed by atoms with Crippen molar-refractivity contribution in [2.24, 2.45) is 0 Å². The van der Waals surface area contributed by atoms with Gasteiger partial charge in [0.2, 0.25) is 11.3 Å². The maximum Gasteiger partial charge on any atom is 0.347 e. The fourth-order valence-corrected chi connectivity index (χ4v) is 3.45. The van der Waals surface area contributed by atoms with Crippen molar-refractivity contribution in [1.82, 2.24) is 4.57 Å². The lowest BCUT2D eigenvalue weighted by Gasteiger charge is -2.20. The van der Waals surface area contributed by atoms with Crippen molar-refractivity contribution >= 4 is 21.9 Å². The molecule has 1 aromatic heterocycles. The van der Waals surface area contributed by atoms with E-state index in [-0.39, 0.29) is 23.7 Å². The molecule has 3 rings (SSSR count). The topological polar surface area (TPSA) is 57.5 Å². The van der Waals surface area contributed by atoms with Crippen molar-refractivity contribution in [1.29, 1.82) is 0 Å². The van der Waals surface area contributed by atoms with Gasteiger partial charge in [-0.1, -0.05) is 15.9 Å². The molecule has 5 nitrogen and oxygen atoms in total. The van der Waals surface area contributed by atoms with Crippen molar-refractivity contribution in [3.8, 4) is 5.88 Å². The molecular formula is C15H18BrNO4. The number of ether oxygens (including phenoxy) is 2. The highest BCUT2D eigenvalue weighted by Gasteiger charge is 2.34. The second kappa shape index (κ2) is 5.83. The predicted molar refractivity (Wildman–Crippen MR) is 81.5 cm³/mol. The van der Waals surface area contributed by atoms with E-state index in [1.807, 2.05) is 4.57 Å². The number of pyridine rings is 1. The molecule has 1 aromatic rings. The molecule has 0 spiro atoms. The van der Waals surface area contributed by atoms with Crippen LogP contribution >= 0.6 is 15.9 Å². The second-order valence-electron chi connectivity index (χ2n) is 5.37. The van der Waals surface area contributed by atoms with Crippen LogP contribution in [0.4, 0.5) is 0 Å². The van der Waals surface area contributed by atoms with Gasteiger partial charge in [0.1, 0.15) is 6.10 Å². The first-order valence-electron chi connectivity index (χ1n) is 7.35. The number of aromatic nitrogens is 1. The fourth-order valence-electron chi connectivity index (χ4n) is 3.12.